The van der Waals surface area contributed by atoms with Gasteiger partial charge in [0.2, 0.25) is 10.0 Å². The van der Waals surface area contributed by atoms with E-state index in [-0.39, 0.29) is 22.2 Å². The van der Waals surface area contributed by atoms with Crippen molar-refractivity contribution in [2.75, 3.05) is 0 Å². The Labute approximate surface area is 139 Å². The molecule has 3 atom stereocenters. The fourth-order valence-corrected chi connectivity index (χ4v) is 4.71. The van der Waals surface area contributed by atoms with Crippen LogP contribution in [0.5, 0.6) is 0 Å². The molecule has 7 nitrogen and oxygen atoms in total. The van der Waals surface area contributed by atoms with Crippen LogP contribution in [0.2, 0.25) is 0 Å². The molecule has 130 valence electrons. The molecule has 1 aromatic carbocycles. The number of sulfonamides is 1. The van der Waals surface area contributed by atoms with E-state index in [0.29, 0.717) is 11.4 Å². The molecule has 2 aromatic rings. The molecule has 0 spiro atoms. The van der Waals surface area contributed by atoms with E-state index in [4.69, 9.17) is 0 Å². The summed E-state index contributed by atoms with van der Waals surface area (Å²) in [7, 11) is -3.73. The zero-order chi connectivity index (χ0) is 17.5. The Morgan fingerprint density at radius 3 is 2.62 bits per heavy atom. The van der Waals surface area contributed by atoms with Gasteiger partial charge in [-0.15, -0.1) is 0 Å². The smallest absolute Gasteiger partial charge is 0.307 e. The van der Waals surface area contributed by atoms with Crippen LogP contribution in [0.25, 0.3) is 10.9 Å². The van der Waals surface area contributed by atoms with Crippen molar-refractivity contribution in [3.63, 3.8) is 0 Å². The SMILES string of the molecule is CC1CCCC(NS(=O)(=O)c2ccc3[nH]c(=O)[nH]c(=O)c3c2)C1C. The molecule has 1 heterocycles. The maximum absolute atomic E-state index is 12.7. The van der Waals surface area contributed by atoms with Crippen molar-refractivity contribution in [1.29, 1.82) is 0 Å². The lowest BCUT2D eigenvalue weighted by atomic mass is 9.78. The summed E-state index contributed by atoms with van der Waals surface area (Å²) in [4.78, 5) is 27.8. The molecule has 24 heavy (non-hydrogen) atoms. The third kappa shape index (κ3) is 3.16. The molecule has 0 saturated heterocycles. The maximum Gasteiger partial charge on any atom is 0.326 e. The molecule has 0 bridgehead atoms. The summed E-state index contributed by atoms with van der Waals surface area (Å²) in [5, 5.41) is 0.141. The summed E-state index contributed by atoms with van der Waals surface area (Å²) in [5.41, 5.74) is -0.918. The van der Waals surface area contributed by atoms with Gasteiger partial charge in [-0.2, -0.15) is 0 Å². The first-order valence-electron chi connectivity index (χ1n) is 8.06. The zero-order valence-electron chi connectivity index (χ0n) is 13.6. The summed E-state index contributed by atoms with van der Waals surface area (Å²) >= 11 is 0. The molecule has 1 aromatic heterocycles. The third-order valence-electron chi connectivity index (χ3n) is 5.03. The van der Waals surface area contributed by atoms with E-state index in [2.05, 4.69) is 28.5 Å². The highest BCUT2D eigenvalue weighted by molar-refractivity contribution is 7.89. The van der Waals surface area contributed by atoms with Crippen LogP contribution < -0.4 is 16.0 Å². The first-order chi connectivity index (χ1) is 11.3. The maximum atomic E-state index is 12.7. The molecular weight excluding hydrogens is 330 g/mol. The highest BCUT2D eigenvalue weighted by Gasteiger charge is 2.30. The predicted molar refractivity (Wildman–Crippen MR) is 91.5 cm³/mol. The van der Waals surface area contributed by atoms with Crippen LogP contribution >= 0.6 is 0 Å². The zero-order valence-corrected chi connectivity index (χ0v) is 14.4. The van der Waals surface area contributed by atoms with Gasteiger partial charge in [-0.1, -0.05) is 26.7 Å². The van der Waals surface area contributed by atoms with Gasteiger partial charge in [-0.3, -0.25) is 9.78 Å². The van der Waals surface area contributed by atoms with Gasteiger partial charge in [0, 0.05) is 6.04 Å². The number of aromatic nitrogens is 2. The van der Waals surface area contributed by atoms with Crippen LogP contribution in [0, 0.1) is 11.8 Å². The van der Waals surface area contributed by atoms with Crippen molar-refractivity contribution in [2.24, 2.45) is 11.8 Å². The molecule has 3 rings (SSSR count). The molecule has 1 saturated carbocycles. The van der Waals surface area contributed by atoms with Gasteiger partial charge < -0.3 is 4.98 Å². The van der Waals surface area contributed by atoms with Crippen molar-refractivity contribution >= 4 is 20.9 Å². The minimum Gasteiger partial charge on any atom is -0.307 e. The number of hydrogen-bond acceptors (Lipinski definition) is 4. The van der Waals surface area contributed by atoms with E-state index < -0.39 is 21.3 Å². The monoisotopic (exact) mass is 351 g/mol. The molecule has 0 amide bonds. The Morgan fingerprint density at radius 1 is 1.12 bits per heavy atom. The van der Waals surface area contributed by atoms with E-state index in [1.807, 2.05) is 0 Å². The van der Waals surface area contributed by atoms with Gasteiger partial charge in [0.1, 0.15) is 0 Å². The minimum absolute atomic E-state index is 0.0259. The fourth-order valence-electron chi connectivity index (χ4n) is 3.33. The third-order valence-corrected chi connectivity index (χ3v) is 6.52. The van der Waals surface area contributed by atoms with Gasteiger partial charge in [-0.25, -0.2) is 17.9 Å². The number of benzene rings is 1. The normalized spacial score (nSPS) is 25.0. The Morgan fingerprint density at radius 2 is 1.88 bits per heavy atom. The largest absolute Gasteiger partial charge is 0.326 e. The number of nitrogens with one attached hydrogen (secondary N) is 3. The van der Waals surface area contributed by atoms with Gasteiger partial charge >= 0.3 is 5.69 Å². The Balaban J connectivity index is 1.96. The van der Waals surface area contributed by atoms with Crippen LogP contribution in [0.3, 0.4) is 0 Å². The highest BCUT2D eigenvalue weighted by atomic mass is 32.2. The lowest BCUT2D eigenvalue weighted by Gasteiger charge is -2.34. The standard InChI is InChI=1S/C16H21N3O4S/c1-9-4-3-5-13(10(9)2)19-24(22,23)11-6-7-14-12(8-11)15(20)18-16(21)17-14/h6-10,13,19H,3-5H2,1-2H3,(H2,17,18,20,21). The molecular formula is C16H21N3O4S. The van der Waals surface area contributed by atoms with Crippen LogP contribution in [-0.2, 0) is 10.0 Å². The summed E-state index contributed by atoms with van der Waals surface area (Å²) in [5.74, 6) is 0.727. The number of H-pyrrole nitrogens is 2. The number of fused-ring (bicyclic) bond motifs is 1. The van der Waals surface area contributed by atoms with Crippen molar-refractivity contribution < 1.29 is 8.42 Å². The molecule has 3 unspecified atom stereocenters. The Hall–Kier alpha value is -1.93. The van der Waals surface area contributed by atoms with Crippen LogP contribution in [0.4, 0.5) is 0 Å². The molecule has 0 radical (unpaired) electrons. The van der Waals surface area contributed by atoms with E-state index in [1.165, 1.54) is 18.2 Å². The van der Waals surface area contributed by atoms with Gasteiger partial charge in [0.05, 0.1) is 15.8 Å². The van der Waals surface area contributed by atoms with Crippen molar-refractivity contribution in [3.8, 4) is 0 Å². The molecule has 3 N–H and O–H groups in total. The summed E-state index contributed by atoms with van der Waals surface area (Å²) in [6.45, 7) is 4.20. The van der Waals surface area contributed by atoms with Gasteiger partial charge in [0.25, 0.3) is 5.56 Å². The molecule has 8 heteroatoms. The first kappa shape index (κ1) is 16.9. The fraction of sp³-hybridized carbons (Fsp3) is 0.500. The average Bonchev–Trinajstić information content (AvgIpc) is 2.51. The second-order valence-corrected chi connectivity index (χ2v) is 8.32. The Bertz CT molecular complexity index is 977. The molecule has 1 aliphatic carbocycles. The van der Waals surface area contributed by atoms with E-state index >= 15 is 0 Å². The van der Waals surface area contributed by atoms with Crippen molar-refractivity contribution in [2.45, 2.75) is 44.0 Å². The first-order valence-corrected chi connectivity index (χ1v) is 9.55. The lowest BCUT2D eigenvalue weighted by Crippen LogP contribution is -2.43. The summed E-state index contributed by atoms with van der Waals surface area (Å²) < 4.78 is 28.1. The molecule has 1 aliphatic rings. The minimum atomic E-state index is -3.73. The topological polar surface area (TPSA) is 112 Å². The van der Waals surface area contributed by atoms with Crippen molar-refractivity contribution in [1.82, 2.24) is 14.7 Å². The lowest BCUT2D eigenvalue weighted by molar-refractivity contribution is 0.227. The second kappa shape index (κ2) is 6.18. The van der Waals surface area contributed by atoms with E-state index in [9.17, 15) is 18.0 Å². The van der Waals surface area contributed by atoms with E-state index in [1.54, 1.807) is 0 Å². The number of hydrogen-bond donors (Lipinski definition) is 3. The van der Waals surface area contributed by atoms with Crippen LogP contribution in [0.15, 0.2) is 32.7 Å². The van der Waals surface area contributed by atoms with Crippen LogP contribution in [0.1, 0.15) is 33.1 Å². The van der Waals surface area contributed by atoms with E-state index in [0.717, 1.165) is 19.3 Å². The number of aromatic amines is 2. The second-order valence-electron chi connectivity index (χ2n) is 6.61. The van der Waals surface area contributed by atoms with Crippen LogP contribution in [-0.4, -0.2) is 24.4 Å². The quantitative estimate of drug-likeness (QED) is 0.774. The molecule has 1 fully saturated rings. The van der Waals surface area contributed by atoms with Gasteiger partial charge in [0.15, 0.2) is 0 Å². The van der Waals surface area contributed by atoms with Crippen molar-refractivity contribution in [3.05, 3.63) is 39.0 Å². The summed E-state index contributed by atoms with van der Waals surface area (Å²) in [6.07, 6.45) is 2.92. The summed E-state index contributed by atoms with van der Waals surface area (Å²) in [6, 6.07) is 4.02. The predicted octanol–water partition coefficient (Wildman–Crippen LogP) is 1.32. The average molecular weight is 351 g/mol. The number of rotatable bonds is 3. The van der Waals surface area contributed by atoms with Gasteiger partial charge in [-0.05, 0) is 36.5 Å². The Kier molecular flexibility index (Phi) is 4.35. The molecule has 0 aliphatic heterocycles. The highest BCUT2D eigenvalue weighted by Crippen LogP contribution is 2.30.